The number of aromatic nitrogens is 2. The summed E-state index contributed by atoms with van der Waals surface area (Å²) in [6.45, 7) is 0. The topological polar surface area (TPSA) is 107 Å². The zero-order valence-corrected chi connectivity index (χ0v) is 15.3. The number of fused-ring (bicyclic) bond motifs is 2. The number of hydrogen-bond acceptors (Lipinski definition) is 6. The molecule has 3 N–H and O–H groups in total. The van der Waals surface area contributed by atoms with Gasteiger partial charge in [-0.3, -0.25) is 9.59 Å². The van der Waals surface area contributed by atoms with E-state index in [-0.39, 0.29) is 28.1 Å². The van der Waals surface area contributed by atoms with E-state index in [1.165, 1.54) is 14.2 Å². The third kappa shape index (κ3) is 2.73. The summed E-state index contributed by atoms with van der Waals surface area (Å²) >= 11 is 0. The normalized spacial score (nSPS) is 10.9. The number of carbonyl (C=O) groups excluding carboxylic acids is 1. The molecule has 0 saturated heterocycles. The number of nitrogen functional groups attached to an aromatic ring is 1. The second-order valence-corrected chi connectivity index (χ2v) is 6.22. The number of aromatic amines is 1. The van der Waals surface area contributed by atoms with Crippen LogP contribution in [0.1, 0.15) is 15.9 Å². The molecule has 0 amide bonds. The zero-order valence-electron chi connectivity index (χ0n) is 15.3. The highest BCUT2D eigenvalue weighted by Gasteiger charge is 2.20. The third-order valence-electron chi connectivity index (χ3n) is 4.58. The smallest absolute Gasteiger partial charge is 0.259 e. The van der Waals surface area contributed by atoms with Gasteiger partial charge in [-0.25, -0.2) is 4.98 Å². The number of ketones is 1. The van der Waals surface area contributed by atoms with Gasteiger partial charge in [-0.15, -0.1) is 0 Å². The number of nitrogens with two attached hydrogens (primary N) is 1. The first-order valence-electron chi connectivity index (χ1n) is 8.51. The second-order valence-electron chi connectivity index (χ2n) is 6.22. The van der Waals surface area contributed by atoms with Crippen LogP contribution in [0.3, 0.4) is 0 Å². The highest BCUT2D eigenvalue weighted by Crippen LogP contribution is 2.33. The van der Waals surface area contributed by atoms with Crippen LogP contribution in [0.5, 0.6) is 11.5 Å². The first-order chi connectivity index (χ1) is 13.5. The Morgan fingerprint density at radius 3 is 2.39 bits per heavy atom. The molecule has 140 valence electrons. The third-order valence-corrected chi connectivity index (χ3v) is 4.58. The van der Waals surface area contributed by atoms with Crippen molar-refractivity contribution in [3.8, 4) is 11.5 Å². The number of nitrogens with one attached hydrogen (secondary N) is 1. The molecule has 28 heavy (non-hydrogen) atoms. The number of benzene rings is 2. The summed E-state index contributed by atoms with van der Waals surface area (Å²) in [7, 11) is 3.06. The molecule has 0 spiro atoms. The quantitative estimate of drug-likeness (QED) is 0.419. The fourth-order valence-electron chi connectivity index (χ4n) is 3.21. The summed E-state index contributed by atoms with van der Waals surface area (Å²) in [6.07, 6.45) is 0. The maximum Gasteiger partial charge on any atom is 0.259 e. The number of ether oxygens (including phenoxy) is 2. The summed E-state index contributed by atoms with van der Waals surface area (Å²) in [4.78, 5) is 32.7. The number of H-pyrrole nitrogens is 1. The largest absolute Gasteiger partial charge is 0.493 e. The first kappa shape index (κ1) is 17.5. The van der Waals surface area contributed by atoms with Crippen LogP contribution < -0.4 is 20.8 Å². The molecule has 0 aliphatic rings. The molecular formula is C21H17N3O4. The van der Waals surface area contributed by atoms with Crippen molar-refractivity contribution in [3.05, 3.63) is 70.0 Å². The summed E-state index contributed by atoms with van der Waals surface area (Å²) in [5.41, 5.74) is 7.01. The van der Waals surface area contributed by atoms with Crippen molar-refractivity contribution >= 4 is 33.4 Å². The Balaban J connectivity index is 2.06. The molecule has 0 atom stereocenters. The van der Waals surface area contributed by atoms with Crippen LogP contribution in [0.25, 0.3) is 21.8 Å². The summed E-state index contributed by atoms with van der Waals surface area (Å²) in [5.74, 6) is 0.685. The fraction of sp³-hybridized carbons (Fsp3) is 0.0952. The van der Waals surface area contributed by atoms with Gasteiger partial charge in [0.25, 0.3) is 5.56 Å². The molecule has 0 radical (unpaired) electrons. The van der Waals surface area contributed by atoms with Gasteiger partial charge in [-0.2, -0.15) is 0 Å². The molecule has 7 nitrogen and oxygen atoms in total. The van der Waals surface area contributed by atoms with Crippen LogP contribution >= 0.6 is 0 Å². The van der Waals surface area contributed by atoms with E-state index in [4.69, 9.17) is 15.2 Å². The van der Waals surface area contributed by atoms with Gasteiger partial charge in [0.05, 0.1) is 36.2 Å². The van der Waals surface area contributed by atoms with Gasteiger partial charge in [0, 0.05) is 17.0 Å². The lowest BCUT2D eigenvalue weighted by Gasteiger charge is -2.12. The first-order valence-corrected chi connectivity index (χ1v) is 8.51. The maximum atomic E-state index is 13.1. The number of methoxy groups -OCH3 is 2. The summed E-state index contributed by atoms with van der Waals surface area (Å²) < 4.78 is 10.6. The molecule has 7 heteroatoms. The van der Waals surface area contributed by atoms with Crippen LogP contribution in [-0.4, -0.2) is 30.0 Å². The Kier molecular flexibility index (Phi) is 4.19. The SMILES string of the molecule is COc1cc2cc3c(=O)[nH]c(N)c(C(=O)c4ccccc4)c3nc2cc1OC. The van der Waals surface area contributed by atoms with Gasteiger partial charge in [0.15, 0.2) is 17.3 Å². The molecule has 0 unspecified atom stereocenters. The highest BCUT2D eigenvalue weighted by molar-refractivity contribution is 6.19. The summed E-state index contributed by atoms with van der Waals surface area (Å²) in [6, 6.07) is 13.8. The molecule has 0 fully saturated rings. The van der Waals surface area contributed by atoms with Crippen LogP contribution in [0.15, 0.2) is 53.3 Å². The van der Waals surface area contributed by atoms with Crippen LogP contribution in [-0.2, 0) is 0 Å². The van der Waals surface area contributed by atoms with Crippen LogP contribution in [0.4, 0.5) is 5.82 Å². The van der Waals surface area contributed by atoms with Crippen molar-refractivity contribution in [1.82, 2.24) is 9.97 Å². The van der Waals surface area contributed by atoms with E-state index in [1.807, 2.05) is 6.07 Å². The van der Waals surface area contributed by atoms with Gasteiger partial charge < -0.3 is 20.2 Å². The lowest BCUT2D eigenvalue weighted by atomic mass is 10.0. The van der Waals surface area contributed by atoms with E-state index < -0.39 is 5.56 Å². The van der Waals surface area contributed by atoms with Gasteiger partial charge >= 0.3 is 0 Å². The van der Waals surface area contributed by atoms with E-state index in [9.17, 15) is 9.59 Å². The van der Waals surface area contributed by atoms with Crippen molar-refractivity contribution in [3.63, 3.8) is 0 Å². The number of nitrogens with zero attached hydrogens (tertiary/aromatic N) is 1. The molecule has 2 aromatic heterocycles. The van der Waals surface area contributed by atoms with Crippen molar-refractivity contribution in [2.75, 3.05) is 20.0 Å². The average molecular weight is 375 g/mol. The molecule has 2 heterocycles. The molecule has 0 saturated carbocycles. The van der Waals surface area contributed by atoms with Crippen molar-refractivity contribution in [1.29, 1.82) is 0 Å². The van der Waals surface area contributed by atoms with Crippen molar-refractivity contribution in [2.45, 2.75) is 0 Å². The summed E-state index contributed by atoms with van der Waals surface area (Å²) in [5, 5.41) is 0.951. The molecule has 2 aromatic carbocycles. The Hall–Kier alpha value is -3.87. The minimum Gasteiger partial charge on any atom is -0.493 e. The average Bonchev–Trinajstić information content (AvgIpc) is 2.72. The highest BCUT2D eigenvalue weighted by atomic mass is 16.5. The molecule has 0 aliphatic heterocycles. The number of anilines is 1. The second kappa shape index (κ2) is 6.70. The Labute approximate surface area is 159 Å². The number of pyridine rings is 2. The maximum absolute atomic E-state index is 13.1. The molecule has 0 aliphatic carbocycles. The molecule has 4 rings (SSSR count). The van der Waals surface area contributed by atoms with E-state index in [1.54, 1.807) is 42.5 Å². The van der Waals surface area contributed by atoms with Gasteiger partial charge in [0.2, 0.25) is 0 Å². The monoisotopic (exact) mass is 375 g/mol. The fourth-order valence-corrected chi connectivity index (χ4v) is 3.21. The van der Waals surface area contributed by atoms with Gasteiger partial charge in [0.1, 0.15) is 5.82 Å². The van der Waals surface area contributed by atoms with Crippen molar-refractivity contribution in [2.24, 2.45) is 0 Å². The van der Waals surface area contributed by atoms with Crippen molar-refractivity contribution < 1.29 is 14.3 Å². The zero-order chi connectivity index (χ0) is 19.8. The Morgan fingerprint density at radius 2 is 1.71 bits per heavy atom. The van der Waals surface area contributed by atoms with Crippen LogP contribution in [0, 0.1) is 0 Å². The molecule has 4 aromatic rings. The number of rotatable bonds is 4. The lowest BCUT2D eigenvalue weighted by molar-refractivity contribution is 0.104. The van der Waals surface area contributed by atoms with Crippen LogP contribution in [0.2, 0.25) is 0 Å². The van der Waals surface area contributed by atoms with Gasteiger partial charge in [-0.05, 0) is 12.1 Å². The predicted molar refractivity (Wildman–Crippen MR) is 107 cm³/mol. The van der Waals surface area contributed by atoms with E-state index in [0.29, 0.717) is 28.0 Å². The van der Waals surface area contributed by atoms with E-state index in [2.05, 4.69) is 9.97 Å². The predicted octanol–water partition coefficient (Wildman–Crippen LogP) is 2.91. The van der Waals surface area contributed by atoms with E-state index >= 15 is 0 Å². The minimum atomic E-state index is -0.415. The standard InChI is InChI=1S/C21H17N3O4/c1-27-15-9-12-8-13-18(23-14(12)10-16(15)28-2)17(20(22)24-21(13)26)19(25)11-6-4-3-5-7-11/h3-10H,1-2H3,(H3,22,24,26). The lowest BCUT2D eigenvalue weighted by Crippen LogP contribution is -2.17. The van der Waals surface area contributed by atoms with E-state index in [0.717, 1.165) is 0 Å². The minimum absolute atomic E-state index is 0.0151. The number of carbonyl (C=O) groups is 1. The Morgan fingerprint density at radius 1 is 1.04 bits per heavy atom. The van der Waals surface area contributed by atoms with Gasteiger partial charge in [-0.1, -0.05) is 30.3 Å². The number of hydrogen-bond donors (Lipinski definition) is 2. The molecular weight excluding hydrogens is 358 g/mol. The Bertz CT molecular complexity index is 1280. The molecule has 0 bridgehead atoms.